The smallest absolute Gasteiger partial charge is 0.247 e. The van der Waals surface area contributed by atoms with Gasteiger partial charge in [-0.15, -0.1) is 0 Å². The van der Waals surface area contributed by atoms with Crippen LogP contribution in [-0.4, -0.2) is 20.2 Å². The highest BCUT2D eigenvalue weighted by Crippen LogP contribution is 2.27. The maximum atomic E-state index is 12.4. The number of hydrogen-bond acceptors (Lipinski definition) is 3. The van der Waals surface area contributed by atoms with E-state index in [1.165, 1.54) is 0 Å². The summed E-state index contributed by atoms with van der Waals surface area (Å²) in [6, 6.07) is 1.98. The molecular formula is C14H19N3O2S. The van der Waals surface area contributed by atoms with E-state index in [4.69, 9.17) is 0 Å². The van der Waals surface area contributed by atoms with Crippen LogP contribution in [0.5, 0.6) is 0 Å². The summed E-state index contributed by atoms with van der Waals surface area (Å²) in [5, 5.41) is 17.5. The number of rotatable bonds is 2. The highest BCUT2D eigenvalue weighted by atomic mass is 32.2. The van der Waals surface area contributed by atoms with Gasteiger partial charge < -0.3 is 5.21 Å². The molecule has 0 saturated heterocycles. The van der Waals surface area contributed by atoms with Gasteiger partial charge in [0.25, 0.3) is 0 Å². The fourth-order valence-corrected chi connectivity index (χ4v) is 3.45. The monoisotopic (exact) mass is 293 g/mol. The Labute approximate surface area is 121 Å². The minimum Gasteiger partial charge on any atom is -0.618 e. The van der Waals surface area contributed by atoms with Gasteiger partial charge in [0.05, 0.1) is 10.8 Å². The normalized spacial score (nSPS) is 12.7. The van der Waals surface area contributed by atoms with Gasteiger partial charge in [-0.25, -0.2) is 0 Å². The molecular weight excluding hydrogens is 274 g/mol. The lowest BCUT2D eigenvalue weighted by Gasteiger charge is -2.11. The average Bonchev–Trinajstić information content (AvgIpc) is 2.62. The van der Waals surface area contributed by atoms with Crippen molar-refractivity contribution in [1.29, 1.82) is 0 Å². The molecule has 5 nitrogen and oxygen atoms in total. The zero-order valence-electron chi connectivity index (χ0n) is 12.6. The number of pyridine rings is 1. The first-order valence-electron chi connectivity index (χ1n) is 6.33. The van der Waals surface area contributed by atoms with E-state index >= 15 is 0 Å². The minimum atomic E-state index is -1.14. The zero-order chi connectivity index (χ0) is 15.2. The highest BCUT2D eigenvalue weighted by Gasteiger charge is 2.25. The van der Waals surface area contributed by atoms with E-state index in [0.717, 1.165) is 21.4 Å². The molecule has 0 radical (unpaired) electrons. The molecule has 2 heterocycles. The van der Waals surface area contributed by atoms with Gasteiger partial charge in [-0.1, -0.05) is 0 Å². The fraction of sp³-hybridized carbons (Fsp3) is 0.429. The molecule has 0 N–H and O–H groups in total. The van der Waals surface area contributed by atoms with Gasteiger partial charge in [0.2, 0.25) is 5.69 Å². The molecule has 0 aliphatic carbocycles. The molecule has 108 valence electrons. The Morgan fingerprint density at radius 1 is 1.25 bits per heavy atom. The van der Waals surface area contributed by atoms with Gasteiger partial charge in [0.15, 0.2) is 11.4 Å². The molecule has 0 amide bonds. The van der Waals surface area contributed by atoms with E-state index in [-0.39, 0.29) is 0 Å². The maximum absolute atomic E-state index is 12.4. The van der Waals surface area contributed by atoms with Gasteiger partial charge in [-0.2, -0.15) is 9.83 Å². The van der Waals surface area contributed by atoms with E-state index in [2.05, 4.69) is 5.10 Å². The fourth-order valence-electron chi connectivity index (χ4n) is 2.51. The molecule has 2 aromatic heterocycles. The summed E-state index contributed by atoms with van der Waals surface area (Å²) < 4.78 is 14.3. The van der Waals surface area contributed by atoms with Crippen LogP contribution in [0.4, 0.5) is 0 Å². The first-order chi connectivity index (χ1) is 9.25. The molecule has 0 aliphatic heterocycles. The molecule has 20 heavy (non-hydrogen) atoms. The molecule has 1 unspecified atom stereocenters. The Bertz CT molecular complexity index is 720. The van der Waals surface area contributed by atoms with Crippen LogP contribution in [-0.2, 0) is 17.8 Å². The van der Waals surface area contributed by atoms with E-state index in [1.54, 1.807) is 24.9 Å². The van der Waals surface area contributed by atoms with Crippen LogP contribution >= 0.6 is 0 Å². The minimum absolute atomic E-state index is 0.540. The van der Waals surface area contributed by atoms with Crippen molar-refractivity contribution in [3.8, 4) is 11.4 Å². The summed E-state index contributed by atoms with van der Waals surface area (Å²) in [5.74, 6) is 0. The standard InChI is InChI=1S/C14H19N3O2S/c1-8-7-9(2)13(17(18)11(8)4)12-10(3)14(20(6)19)16(5)15-12/h7H,1-6H3. The van der Waals surface area contributed by atoms with Crippen molar-refractivity contribution in [3.63, 3.8) is 0 Å². The Hall–Kier alpha value is -1.69. The van der Waals surface area contributed by atoms with Crippen molar-refractivity contribution in [2.75, 3.05) is 6.26 Å². The van der Waals surface area contributed by atoms with Crippen molar-refractivity contribution >= 4 is 10.8 Å². The van der Waals surface area contributed by atoms with Gasteiger partial charge in [-0.05, 0) is 26.8 Å². The Morgan fingerprint density at radius 2 is 1.85 bits per heavy atom. The predicted octanol–water partition coefficient (Wildman–Crippen LogP) is 1.69. The lowest BCUT2D eigenvalue weighted by Crippen LogP contribution is -2.35. The van der Waals surface area contributed by atoms with E-state index in [0.29, 0.717) is 22.1 Å². The van der Waals surface area contributed by atoms with E-state index in [9.17, 15) is 9.42 Å². The molecule has 0 bridgehead atoms. The summed E-state index contributed by atoms with van der Waals surface area (Å²) in [6.45, 7) is 7.46. The number of nitrogens with zero attached hydrogens (tertiary/aromatic N) is 3. The van der Waals surface area contributed by atoms with E-state index in [1.807, 2.05) is 26.8 Å². The summed E-state index contributed by atoms with van der Waals surface area (Å²) in [5.41, 5.74) is 4.43. The zero-order valence-corrected chi connectivity index (χ0v) is 13.5. The molecule has 1 atom stereocenters. The van der Waals surface area contributed by atoms with Crippen LogP contribution in [0.3, 0.4) is 0 Å². The van der Waals surface area contributed by atoms with Crippen LogP contribution in [0.25, 0.3) is 11.4 Å². The third-order valence-electron chi connectivity index (χ3n) is 3.60. The molecule has 0 spiro atoms. The van der Waals surface area contributed by atoms with Crippen molar-refractivity contribution in [2.45, 2.75) is 32.7 Å². The topological polar surface area (TPSA) is 61.8 Å². The second-order valence-corrected chi connectivity index (χ2v) is 6.39. The second-order valence-electron chi connectivity index (χ2n) is 5.10. The number of aryl methyl sites for hydroxylation is 3. The summed E-state index contributed by atoms with van der Waals surface area (Å²) in [6.07, 6.45) is 1.62. The first-order valence-corrected chi connectivity index (χ1v) is 7.89. The van der Waals surface area contributed by atoms with Crippen LogP contribution in [0, 0.1) is 32.9 Å². The Balaban J connectivity index is 2.80. The third-order valence-corrected chi connectivity index (χ3v) is 4.72. The molecule has 0 fully saturated rings. The molecule has 2 aromatic rings. The third kappa shape index (κ3) is 2.14. The van der Waals surface area contributed by atoms with Crippen LogP contribution in [0.1, 0.15) is 22.4 Å². The SMILES string of the molecule is Cc1cc(C)c(-c2nn(C)c(S(C)=O)c2C)[n+]([O-])c1C. The van der Waals surface area contributed by atoms with Crippen molar-refractivity contribution < 1.29 is 8.94 Å². The quantitative estimate of drug-likeness (QED) is 0.625. The van der Waals surface area contributed by atoms with Crippen LogP contribution < -0.4 is 4.73 Å². The maximum Gasteiger partial charge on any atom is 0.247 e. The van der Waals surface area contributed by atoms with E-state index < -0.39 is 10.8 Å². The van der Waals surface area contributed by atoms with Gasteiger partial charge >= 0.3 is 0 Å². The lowest BCUT2D eigenvalue weighted by atomic mass is 10.1. The summed E-state index contributed by atoms with van der Waals surface area (Å²) in [4.78, 5) is 0. The average molecular weight is 293 g/mol. The molecule has 0 aromatic carbocycles. The molecule has 2 rings (SSSR count). The Kier molecular flexibility index (Phi) is 3.69. The molecule has 0 aliphatic rings. The van der Waals surface area contributed by atoms with Gasteiger partial charge in [-0.3, -0.25) is 8.89 Å². The predicted molar refractivity (Wildman–Crippen MR) is 78.9 cm³/mol. The van der Waals surface area contributed by atoms with Gasteiger partial charge in [0.1, 0.15) is 5.03 Å². The largest absolute Gasteiger partial charge is 0.618 e. The van der Waals surface area contributed by atoms with Crippen molar-refractivity contribution in [3.05, 3.63) is 33.7 Å². The van der Waals surface area contributed by atoms with Crippen LogP contribution in [0.2, 0.25) is 0 Å². The highest BCUT2D eigenvalue weighted by molar-refractivity contribution is 7.84. The molecule has 0 saturated carbocycles. The summed E-state index contributed by atoms with van der Waals surface area (Å²) in [7, 11) is 0.610. The van der Waals surface area contributed by atoms with Crippen molar-refractivity contribution in [1.82, 2.24) is 9.78 Å². The number of hydrogen-bond donors (Lipinski definition) is 0. The molecule has 6 heteroatoms. The lowest BCUT2D eigenvalue weighted by molar-refractivity contribution is -0.601. The van der Waals surface area contributed by atoms with Crippen molar-refractivity contribution in [2.24, 2.45) is 7.05 Å². The Morgan fingerprint density at radius 3 is 2.35 bits per heavy atom. The number of aromatic nitrogens is 3. The second kappa shape index (κ2) is 5.01. The van der Waals surface area contributed by atoms with Crippen LogP contribution in [0.15, 0.2) is 11.1 Å². The summed E-state index contributed by atoms with van der Waals surface area (Å²) >= 11 is 0. The van der Waals surface area contributed by atoms with Gasteiger partial charge in [0, 0.05) is 36.9 Å². The first kappa shape index (κ1) is 14.7.